The van der Waals surface area contributed by atoms with E-state index in [4.69, 9.17) is 23.2 Å². The van der Waals surface area contributed by atoms with Crippen LogP contribution in [0.2, 0.25) is 10.0 Å². The predicted octanol–water partition coefficient (Wildman–Crippen LogP) is 5.28. The summed E-state index contributed by atoms with van der Waals surface area (Å²) >= 11 is 13.5. The van der Waals surface area contributed by atoms with Crippen LogP contribution in [-0.4, -0.2) is 21.6 Å². The van der Waals surface area contributed by atoms with Crippen molar-refractivity contribution in [3.05, 3.63) is 57.7 Å². The molecule has 7 heteroatoms. The molecule has 1 amide bonds. The Kier molecular flexibility index (Phi) is 5.47. The molecule has 0 bridgehead atoms. The van der Waals surface area contributed by atoms with E-state index < -0.39 is 0 Å². The second-order valence-electron chi connectivity index (χ2n) is 5.53. The summed E-state index contributed by atoms with van der Waals surface area (Å²) in [4.78, 5) is 20.8. The summed E-state index contributed by atoms with van der Waals surface area (Å²) in [7, 11) is 0. The molecule has 0 aliphatic carbocycles. The van der Waals surface area contributed by atoms with Crippen molar-refractivity contribution in [2.24, 2.45) is 0 Å². The molecule has 2 aromatic heterocycles. The number of anilines is 1. The Morgan fingerprint density at radius 2 is 2.00 bits per heavy atom. The van der Waals surface area contributed by atoms with Crippen LogP contribution in [0.4, 0.5) is 5.82 Å². The minimum absolute atomic E-state index is 0.200. The number of benzene rings is 1. The lowest BCUT2D eigenvalue weighted by molar-refractivity contribution is -0.113. The van der Waals surface area contributed by atoms with Gasteiger partial charge < -0.3 is 5.32 Å². The number of aromatic nitrogens is 2. The number of nitrogens with one attached hydrogen (secondary N) is 1. The van der Waals surface area contributed by atoms with Crippen molar-refractivity contribution in [2.45, 2.75) is 18.9 Å². The number of halogens is 2. The number of pyridine rings is 2. The number of thioether (sulfide) groups is 1. The fourth-order valence-electron chi connectivity index (χ4n) is 2.34. The standard InChI is InChI=1S/C18H15Cl2N3OS/c1-10-7-16(22-14-6-4-3-5-12(10)14)25-9-15(24)23-18-17(20)11(2)13(19)8-21-18/h3-8H,9H2,1-2H3,(H,21,23,24). The van der Waals surface area contributed by atoms with E-state index in [1.165, 1.54) is 18.0 Å². The third-order valence-electron chi connectivity index (χ3n) is 3.71. The molecule has 3 aromatic rings. The highest BCUT2D eigenvalue weighted by atomic mass is 35.5. The van der Waals surface area contributed by atoms with Gasteiger partial charge in [-0.3, -0.25) is 4.79 Å². The lowest BCUT2D eigenvalue weighted by Gasteiger charge is -2.09. The number of aryl methyl sites for hydroxylation is 1. The van der Waals surface area contributed by atoms with Crippen molar-refractivity contribution in [1.29, 1.82) is 0 Å². The number of hydrogen-bond donors (Lipinski definition) is 1. The van der Waals surface area contributed by atoms with Crippen molar-refractivity contribution >= 4 is 57.6 Å². The van der Waals surface area contributed by atoms with E-state index in [9.17, 15) is 4.79 Å². The fourth-order valence-corrected chi connectivity index (χ4v) is 3.51. The summed E-state index contributed by atoms with van der Waals surface area (Å²) < 4.78 is 0. The van der Waals surface area contributed by atoms with Crippen molar-refractivity contribution < 1.29 is 4.79 Å². The maximum Gasteiger partial charge on any atom is 0.235 e. The Bertz CT molecular complexity index is 962. The van der Waals surface area contributed by atoms with Gasteiger partial charge in [0.25, 0.3) is 0 Å². The summed E-state index contributed by atoms with van der Waals surface area (Å²) in [5, 5.41) is 5.45. The monoisotopic (exact) mass is 391 g/mol. The van der Waals surface area contributed by atoms with Crippen molar-refractivity contribution in [1.82, 2.24) is 9.97 Å². The highest BCUT2D eigenvalue weighted by Gasteiger charge is 2.12. The van der Waals surface area contributed by atoms with Gasteiger partial charge in [-0.1, -0.05) is 53.2 Å². The van der Waals surface area contributed by atoms with Crippen LogP contribution in [0.15, 0.2) is 41.6 Å². The second kappa shape index (κ2) is 7.60. The van der Waals surface area contributed by atoms with Gasteiger partial charge in [0, 0.05) is 11.6 Å². The molecule has 0 unspecified atom stereocenters. The van der Waals surface area contributed by atoms with E-state index in [-0.39, 0.29) is 11.7 Å². The number of para-hydroxylation sites is 1. The van der Waals surface area contributed by atoms with Crippen LogP contribution in [0.3, 0.4) is 0 Å². The van der Waals surface area contributed by atoms with Gasteiger partial charge in [-0.05, 0) is 37.1 Å². The minimum Gasteiger partial charge on any atom is -0.309 e. The molecule has 0 fully saturated rings. The van der Waals surface area contributed by atoms with Gasteiger partial charge in [0.1, 0.15) is 0 Å². The molecule has 0 saturated heterocycles. The summed E-state index contributed by atoms with van der Waals surface area (Å²) in [6.07, 6.45) is 1.47. The number of rotatable bonds is 4. The number of carbonyl (C=O) groups is 1. The van der Waals surface area contributed by atoms with Crippen LogP contribution in [-0.2, 0) is 4.79 Å². The number of nitrogens with zero attached hydrogens (tertiary/aromatic N) is 2. The van der Waals surface area contributed by atoms with E-state index in [1.807, 2.05) is 37.3 Å². The van der Waals surface area contributed by atoms with Gasteiger partial charge in [-0.2, -0.15) is 0 Å². The average Bonchev–Trinajstić information content (AvgIpc) is 2.60. The first-order valence-electron chi connectivity index (χ1n) is 7.55. The second-order valence-corrected chi connectivity index (χ2v) is 7.31. The summed E-state index contributed by atoms with van der Waals surface area (Å²) in [5.41, 5.74) is 2.74. The van der Waals surface area contributed by atoms with Gasteiger partial charge in [0.2, 0.25) is 5.91 Å². The van der Waals surface area contributed by atoms with Crippen LogP contribution in [0.1, 0.15) is 11.1 Å². The highest BCUT2D eigenvalue weighted by Crippen LogP contribution is 2.29. The number of hydrogen-bond acceptors (Lipinski definition) is 4. The number of amides is 1. The molecule has 1 aromatic carbocycles. The van der Waals surface area contributed by atoms with Crippen LogP contribution >= 0.6 is 35.0 Å². The predicted molar refractivity (Wildman–Crippen MR) is 105 cm³/mol. The number of fused-ring (bicyclic) bond motifs is 1. The van der Waals surface area contributed by atoms with Crippen LogP contribution in [0.25, 0.3) is 10.9 Å². The molecule has 25 heavy (non-hydrogen) atoms. The number of carbonyl (C=O) groups excluding carboxylic acids is 1. The Labute approximate surface area is 160 Å². The third kappa shape index (κ3) is 4.06. The smallest absolute Gasteiger partial charge is 0.235 e. The normalized spacial score (nSPS) is 10.9. The molecule has 128 valence electrons. The summed E-state index contributed by atoms with van der Waals surface area (Å²) in [6, 6.07) is 9.93. The lowest BCUT2D eigenvalue weighted by atomic mass is 10.1. The van der Waals surface area contributed by atoms with E-state index in [0.29, 0.717) is 21.4 Å². The molecule has 2 heterocycles. The van der Waals surface area contributed by atoms with Gasteiger partial charge in [-0.15, -0.1) is 0 Å². The highest BCUT2D eigenvalue weighted by molar-refractivity contribution is 7.99. The first kappa shape index (κ1) is 18.0. The Morgan fingerprint density at radius 3 is 2.80 bits per heavy atom. The molecular weight excluding hydrogens is 377 g/mol. The van der Waals surface area contributed by atoms with Crippen LogP contribution in [0.5, 0.6) is 0 Å². The maximum atomic E-state index is 12.2. The first-order valence-corrected chi connectivity index (χ1v) is 9.29. The molecule has 0 aliphatic rings. The Balaban J connectivity index is 1.70. The molecule has 4 nitrogen and oxygen atoms in total. The molecule has 0 saturated carbocycles. The third-order valence-corrected chi connectivity index (χ3v) is 5.47. The molecular formula is C18H15Cl2N3OS. The van der Waals surface area contributed by atoms with Crippen molar-refractivity contribution in [3.63, 3.8) is 0 Å². The molecule has 0 spiro atoms. The zero-order valence-corrected chi connectivity index (χ0v) is 16.0. The van der Waals surface area contributed by atoms with Crippen molar-refractivity contribution in [2.75, 3.05) is 11.1 Å². The van der Waals surface area contributed by atoms with Crippen LogP contribution < -0.4 is 5.32 Å². The van der Waals surface area contributed by atoms with Gasteiger partial charge in [-0.25, -0.2) is 9.97 Å². The lowest BCUT2D eigenvalue weighted by Crippen LogP contribution is -2.15. The van der Waals surface area contributed by atoms with E-state index in [1.54, 1.807) is 6.92 Å². The molecule has 1 N–H and O–H groups in total. The maximum absolute atomic E-state index is 12.2. The summed E-state index contributed by atoms with van der Waals surface area (Å²) in [5.74, 6) is 0.329. The minimum atomic E-state index is -0.200. The molecule has 0 radical (unpaired) electrons. The zero-order chi connectivity index (χ0) is 18.0. The van der Waals surface area contributed by atoms with Crippen molar-refractivity contribution in [3.8, 4) is 0 Å². The van der Waals surface area contributed by atoms with Crippen LogP contribution in [0, 0.1) is 13.8 Å². The fraction of sp³-hybridized carbons (Fsp3) is 0.167. The SMILES string of the molecule is Cc1c(Cl)cnc(NC(=O)CSc2cc(C)c3ccccc3n2)c1Cl. The van der Waals surface area contributed by atoms with E-state index >= 15 is 0 Å². The van der Waals surface area contributed by atoms with E-state index in [0.717, 1.165) is 21.5 Å². The first-order chi connectivity index (χ1) is 12.0. The quantitative estimate of drug-likeness (QED) is 0.614. The molecule has 0 aliphatic heterocycles. The largest absolute Gasteiger partial charge is 0.309 e. The Hall–Kier alpha value is -1.82. The Morgan fingerprint density at radius 1 is 1.24 bits per heavy atom. The topological polar surface area (TPSA) is 54.9 Å². The average molecular weight is 392 g/mol. The van der Waals surface area contributed by atoms with Gasteiger partial charge in [0.15, 0.2) is 5.82 Å². The summed E-state index contributed by atoms with van der Waals surface area (Å²) in [6.45, 7) is 3.81. The zero-order valence-electron chi connectivity index (χ0n) is 13.6. The molecule has 3 rings (SSSR count). The van der Waals surface area contributed by atoms with Gasteiger partial charge in [0.05, 0.1) is 26.3 Å². The van der Waals surface area contributed by atoms with E-state index in [2.05, 4.69) is 15.3 Å². The molecule has 0 atom stereocenters. The van der Waals surface area contributed by atoms with Gasteiger partial charge >= 0.3 is 0 Å².